The molecule has 0 aliphatic carbocycles. The number of amides is 1. The molecular formula is C21H23N5O. The van der Waals surface area contributed by atoms with E-state index in [9.17, 15) is 4.79 Å². The molecule has 0 radical (unpaired) electrons. The van der Waals surface area contributed by atoms with Crippen molar-refractivity contribution < 1.29 is 4.79 Å². The van der Waals surface area contributed by atoms with Crippen molar-refractivity contribution in [2.75, 3.05) is 6.54 Å². The zero-order valence-electron chi connectivity index (χ0n) is 15.7. The minimum Gasteiger partial charge on any atom is -0.348 e. The number of nitrogens with zero attached hydrogens (tertiary/aromatic N) is 3. The lowest BCUT2D eigenvalue weighted by Gasteiger charge is -2.11. The van der Waals surface area contributed by atoms with Crippen LogP contribution in [0.15, 0.2) is 48.7 Å². The number of hydrogen-bond donors (Lipinski definition) is 2. The Morgan fingerprint density at radius 1 is 1.19 bits per heavy atom. The average Bonchev–Trinajstić information content (AvgIpc) is 3.17. The summed E-state index contributed by atoms with van der Waals surface area (Å²) in [5, 5.41) is 9.59. The number of aromatic nitrogens is 3. The van der Waals surface area contributed by atoms with Gasteiger partial charge in [0.1, 0.15) is 0 Å². The minimum absolute atomic E-state index is 0.0660. The highest BCUT2D eigenvalue weighted by atomic mass is 16.1. The van der Waals surface area contributed by atoms with E-state index in [1.807, 2.05) is 38.4 Å². The van der Waals surface area contributed by atoms with Gasteiger partial charge in [-0.25, -0.2) is 0 Å². The lowest BCUT2D eigenvalue weighted by molar-refractivity contribution is 0.0941. The topological polar surface area (TPSA) is 77.9 Å². The highest BCUT2D eigenvalue weighted by Crippen LogP contribution is 2.32. The van der Waals surface area contributed by atoms with E-state index in [0.29, 0.717) is 12.1 Å². The maximum Gasteiger partial charge on any atom is 0.251 e. The monoisotopic (exact) mass is 361 g/mol. The maximum atomic E-state index is 12.5. The molecule has 0 fully saturated rings. The van der Waals surface area contributed by atoms with Gasteiger partial charge in [0.05, 0.1) is 5.52 Å². The second kappa shape index (κ2) is 6.55. The Labute approximate surface area is 157 Å². The van der Waals surface area contributed by atoms with Crippen molar-refractivity contribution in [3.05, 3.63) is 59.8 Å². The van der Waals surface area contributed by atoms with E-state index in [2.05, 4.69) is 46.2 Å². The summed E-state index contributed by atoms with van der Waals surface area (Å²) in [4.78, 5) is 12.5. The van der Waals surface area contributed by atoms with Crippen molar-refractivity contribution in [3.63, 3.8) is 0 Å². The summed E-state index contributed by atoms with van der Waals surface area (Å²) >= 11 is 0. The van der Waals surface area contributed by atoms with Gasteiger partial charge >= 0.3 is 0 Å². The van der Waals surface area contributed by atoms with Crippen molar-refractivity contribution in [2.24, 2.45) is 12.8 Å². The highest BCUT2D eigenvalue weighted by molar-refractivity contribution is 6.10. The molecule has 27 heavy (non-hydrogen) atoms. The third-order valence-corrected chi connectivity index (χ3v) is 4.83. The number of carbonyl (C=O) groups is 1. The van der Waals surface area contributed by atoms with Gasteiger partial charge in [0.2, 0.25) is 0 Å². The van der Waals surface area contributed by atoms with Crippen LogP contribution in [0.3, 0.4) is 0 Å². The lowest BCUT2D eigenvalue weighted by Crippen LogP contribution is -2.37. The first-order valence-corrected chi connectivity index (χ1v) is 9.03. The van der Waals surface area contributed by atoms with Crippen LogP contribution in [-0.4, -0.2) is 32.8 Å². The molecule has 4 rings (SSSR count). The van der Waals surface area contributed by atoms with Gasteiger partial charge in [0.25, 0.3) is 5.91 Å². The van der Waals surface area contributed by atoms with Crippen LogP contribution < -0.4 is 11.1 Å². The molecule has 0 saturated carbocycles. The average molecular weight is 361 g/mol. The van der Waals surface area contributed by atoms with Crippen LogP contribution in [0.5, 0.6) is 0 Å². The van der Waals surface area contributed by atoms with Crippen LogP contribution in [-0.2, 0) is 7.05 Å². The van der Waals surface area contributed by atoms with Crippen molar-refractivity contribution in [1.29, 1.82) is 0 Å². The van der Waals surface area contributed by atoms with Crippen molar-refractivity contribution in [2.45, 2.75) is 19.9 Å². The van der Waals surface area contributed by atoms with Gasteiger partial charge in [-0.2, -0.15) is 5.10 Å². The Balaban J connectivity index is 1.91. The maximum absolute atomic E-state index is 12.5. The first-order valence-electron chi connectivity index (χ1n) is 9.03. The molecule has 0 aliphatic rings. The molecule has 2 heterocycles. The van der Waals surface area contributed by atoms with Crippen molar-refractivity contribution in [3.8, 4) is 5.69 Å². The van der Waals surface area contributed by atoms with Gasteiger partial charge in [-0.05, 0) is 44.2 Å². The van der Waals surface area contributed by atoms with E-state index < -0.39 is 0 Å². The summed E-state index contributed by atoms with van der Waals surface area (Å²) in [5.74, 6) is -0.116. The fourth-order valence-corrected chi connectivity index (χ4v) is 3.36. The summed E-state index contributed by atoms with van der Waals surface area (Å²) in [5.41, 5.74) is 10.4. The first kappa shape index (κ1) is 17.3. The second-order valence-corrected chi connectivity index (χ2v) is 7.05. The van der Waals surface area contributed by atoms with E-state index in [1.54, 1.807) is 4.68 Å². The molecule has 3 N–H and O–H groups in total. The third kappa shape index (κ3) is 2.98. The summed E-state index contributed by atoms with van der Waals surface area (Å²) in [6.45, 7) is 4.37. The standard InChI is InChI=1S/C21H23N5O/c1-13-4-7-16(8-5-13)26-19-9-6-15(21(27)23-14(2)11-22)10-17(19)18-12-25(3)24-20(18)26/h4-10,12,14H,11,22H2,1-3H3,(H,23,27). The predicted molar refractivity (Wildman–Crippen MR) is 108 cm³/mol. The summed E-state index contributed by atoms with van der Waals surface area (Å²) in [6.07, 6.45) is 1.99. The molecule has 6 heteroatoms. The molecule has 138 valence electrons. The number of nitrogens with two attached hydrogens (primary N) is 1. The molecule has 1 unspecified atom stereocenters. The highest BCUT2D eigenvalue weighted by Gasteiger charge is 2.17. The second-order valence-electron chi connectivity index (χ2n) is 7.05. The Morgan fingerprint density at radius 2 is 1.93 bits per heavy atom. The largest absolute Gasteiger partial charge is 0.348 e. The lowest BCUT2D eigenvalue weighted by atomic mass is 10.1. The number of nitrogens with one attached hydrogen (secondary N) is 1. The molecule has 0 saturated heterocycles. The van der Waals surface area contributed by atoms with Crippen LogP contribution in [0.25, 0.3) is 27.6 Å². The van der Waals surface area contributed by atoms with E-state index >= 15 is 0 Å². The van der Waals surface area contributed by atoms with Gasteiger partial charge in [0.15, 0.2) is 5.65 Å². The molecule has 6 nitrogen and oxygen atoms in total. The van der Waals surface area contributed by atoms with Gasteiger partial charge in [-0.15, -0.1) is 0 Å². The zero-order valence-corrected chi connectivity index (χ0v) is 15.7. The van der Waals surface area contributed by atoms with Crippen LogP contribution in [0, 0.1) is 6.92 Å². The molecule has 1 amide bonds. The number of hydrogen-bond acceptors (Lipinski definition) is 3. The number of rotatable bonds is 4. The molecule has 0 bridgehead atoms. The third-order valence-electron chi connectivity index (χ3n) is 4.83. The summed E-state index contributed by atoms with van der Waals surface area (Å²) in [7, 11) is 1.91. The van der Waals surface area contributed by atoms with Crippen LogP contribution in [0.4, 0.5) is 0 Å². The SMILES string of the molecule is Cc1ccc(-n2c3ccc(C(=O)NC(C)CN)cc3c3cn(C)nc32)cc1. The fourth-order valence-electron chi connectivity index (χ4n) is 3.36. The Bertz CT molecular complexity index is 1140. The minimum atomic E-state index is -0.116. The Kier molecular flexibility index (Phi) is 4.20. The predicted octanol–water partition coefficient (Wildman–Crippen LogP) is 2.90. The van der Waals surface area contributed by atoms with E-state index in [-0.39, 0.29) is 11.9 Å². The smallest absolute Gasteiger partial charge is 0.251 e. The van der Waals surface area contributed by atoms with Gasteiger partial charge in [0, 0.05) is 47.9 Å². The van der Waals surface area contributed by atoms with Gasteiger partial charge < -0.3 is 11.1 Å². The molecule has 4 aromatic rings. The summed E-state index contributed by atoms with van der Waals surface area (Å²) in [6, 6.07) is 14.1. The normalized spacial score (nSPS) is 12.6. The van der Waals surface area contributed by atoms with Crippen LogP contribution in [0.2, 0.25) is 0 Å². The molecule has 2 aromatic carbocycles. The summed E-state index contributed by atoms with van der Waals surface area (Å²) < 4.78 is 3.94. The van der Waals surface area contributed by atoms with Crippen molar-refractivity contribution >= 4 is 27.8 Å². The van der Waals surface area contributed by atoms with E-state index in [0.717, 1.165) is 27.6 Å². The van der Waals surface area contributed by atoms with Gasteiger partial charge in [-0.1, -0.05) is 17.7 Å². The van der Waals surface area contributed by atoms with E-state index in [1.165, 1.54) is 5.56 Å². The molecule has 0 spiro atoms. The quantitative estimate of drug-likeness (QED) is 0.587. The molecule has 1 atom stereocenters. The number of carbonyl (C=O) groups excluding carboxylic acids is 1. The van der Waals surface area contributed by atoms with Crippen LogP contribution >= 0.6 is 0 Å². The van der Waals surface area contributed by atoms with E-state index in [4.69, 9.17) is 5.73 Å². The molecule has 0 aliphatic heterocycles. The Hall–Kier alpha value is -3.12. The van der Waals surface area contributed by atoms with Crippen molar-refractivity contribution in [1.82, 2.24) is 19.7 Å². The Morgan fingerprint density at radius 3 is 2.63 bits per heavy atom. The molecule has 2 aromatic heterocycles. The number of benzene rings is 2. The molecular weight excluding hydrogens is 338 g/mol. The fraction of sp³-hybridized carbons (Fsp3) is 0.238. The van der Waals surface area contributed by atoms with Gasteiger partial charge in [-0.3, -0.25) is 14.0 Å². The number of aryl methyl sites for hydroxylation is 2. The van der Waals surface area contributed by atoms with Crippen LogP contribution in [0.1, 0.15) is 22.8 Å². The first-order chi connectivity index (χ1) is 13.0. The number of fused-ring (bicyclic) bond motifs is 3. The zero-order chi connectivity index (χ0) is 19.1.